The lowest BCUT2D eigenvalue weighted by atomic mass is 9.93. The van der Waals surface area contributed by atoms with Crippen molar-refractivity contribution in [2.24, 2.45) is 5.73 Å². The zero-order valence-corrected chi connectivity index (χ0v) is 26.4. The Morgan fingerprint density at radius 2 is 1.16 bits per heavy atom. The number of carbonyl (C=O) groups excluding carboxylic acids is 1. The molecule has 2 N–H and O–H groups in total. The van der Waals surface area contributed by atoms with Gasteiger partial charge in [-0.2, -0.15) is 0 Å². The molecule has 0 bridgehead atoms. The molecule has 43 heavy (non-hydrogen) atoms. The smallest absolute Gasteiger partial charge is 0.248 e. The second-order valence-electron chi connectivity index (χ2n) is 11.6. The van der Waals surface area contributed by atoms with Crippen LogP contribution in [0.1, 0.15) is 69.0 Å². The van der Waals surface area contributed by atoms with Crippen LogP contribution in [0.5, 0.6) is 11.5 Å². The van der Waals surface area contributed by atoms with Crippen LogP contribution in [0.25, 0.3) is 0 Å². The van der Waals surface area contributed by atoms with Crippen molar-refractivity contribution in [2.45, 2.75) is 49.3 Å². The number of amides is 1. The van der Waals surface area contributed by atoms with Gasteiger partial charge in [-0.25, -0.2) is 0 Å². The predicted octanol–water partition coefficient (Wildman–Crippen LogP) is 6.78. The van der Waals surface area contributed by atoms with E-state index < -0.39 is 5.91 Å². The number of carbonyl (C=O) groups is 1. The molecule has 2 aliphatic heterocycles. The highest BCUT2D eigenvalue weighted by molar-refractivity contribution is 6.21. The minimum Gasteiger partial charge on any atom is -0.492 e. The number of hydrogen-bond donors (Lipinski definition) is 1. The molecule has 0 saturated carbocycles. The Bertz CT molecular complexity index is 1340. The molecule has 6 nitrogen and oxygen atoms in total. The standard InChI is InChI=1S/C35H43Cl2N3O3/c36-31(29-9-1-3-11-33(29)42-21-19-39-15-5-6-16-39)24-26-13-14-27(35(38)41)23-28(26)25-32(37)30-10-2-4-12-34(30)43-22-20-40-17-7-8-18-40/h1-4,9-14,23,31-32H,5-8,15-22,24-25H2,(H2,38,41). The highest BCUT2D eigenvalue weighted by atomic mass is 35.5. The Balaban J connectivity index is 1.29. The van der Waals surface area contributed by atoms with Gasteiger partial charge >= 0.3 is 0 Å². The van der Waals surface area contributed by atoms with Gasteiger partial charge in [0.2, 0.25) is 5.91 Å². The van der Waals surface area contributed by atoms with Crippen LogP contribution in [0.4, 0.5) is 0 Å². The fraction of sp³-hybridized carbons (Fsp3) is 0.457. The normalized spacial score (nSPS) is 17.2. The van der Waals surface area contributed by atoms with Crippen LogP contribution in [0.15, 0.2) is 66.7 Å². The molecule has 0 aromatic heterocycles. The quantitative estimate of drug-likeness (QED) is 0.189. The van der Waals surface area contributed by atoms with Gasteiger partial charge in [0.15, 0.2) is 0 Å². The summed E-state index contributed by atoms with van der Waals surface area (Å²) in [5.41, 5.74) is 9.97. The lowest BCUT2D eigenvalue weighted by Crippen LogP contribution is -2.25. The molecular formula is C35H43Cl2N3O3. The number of alkyl halides is 2. The third-order valence-electron chi connectivity index (χ3n) is 8.53. The summed E-state index contributed by atoms with van der Waals surface area (Å²) in [6, 6.07) is 21.5. The van der Waals surface area contributed by atoms with Gasteiger partial charge in [0.1, 0.15) is 24.7 Å². The van der Waals surface area contributed by atoms with Crippen molar-refractivity contribution in [3.05, 3.63) is 94.5 Å². The largest absolute Gasteiger partial charge is 0.492 e. The van der Waals surface area contributed by atoms with Crippen molar-refractivity contribution in [1.29, 1.82) is 0 Å². The Morgan fingerprint density at radius 3 is 1.65 bits per heavy atom. The lowest BCUT2D eigenvalue weighted by molar-refractivity contribution is 0.1000. The average molecular weight is 625 g/mol. The van der Waals surface area contributed by atoms with E-state index in [1.54, 1.807) is 6.07 Å². The van der Waals surface area contributed by atoms with Gasteiger partial charge in [0.05, 0.1) is 10.8 Å². The number of rotatable bonds is 15. The Morgan fingerprint density at radius 1 is 0.698 bits per heavy atom. The number of likely N-dealkylation sites (tertiary alicyclic amines) is 2. The summed E-state index contributed by atoms with van der Waals surface area (Å²) >= 11 is 14.2. The first-order chi connectivity index (χ1) is 21.0. The van der Waals surface area contributed by atoms with Crippen LogP contribution >= 0.6 is 23.2 Å². The van der Waals surface area contributed by atoms with Crippen molar-refractivity contribution >= 4 is 29.1 Å². The van der Waals surface area contributed by atoms with E-state index in [1.807, 2.05) is 60.7 Å². The van der Waals surface area contributed by atoms with Gasteiger partial charge in [0, 0.05) is 29.8 Å². The number of hydrogen-bond acceptors (Lipinski definition) is 5. The molecule has 2 saturated heterocycles. The monoisotopic (exact) mass is 623 g/mol. The molecule has 2 fully saturated rings. The molecule has 3 aromatic rings. The number of benzene rings is 3. The van der Waals surface area contributed by atoms with Crippen LogP contribution in [-0.4, -0.2) is 68.2 Å². The minimum absolute atomic E-state index is 0.323. The van der Waals surface area contributed by atoms with Gasteiger partial charge in [-0.15, -0.1) is 23.2 Å². The fourth-order valence-electron chi connectivity index (χ4n) is 6.10. The summed E-state index contributed by atoms with van der Waals surface area (Å²) in [6.45, 7) is 7.64. The van der Waals surface area contributed by atoms with Gasteiger partial charge < -0.3 is 15.2 Å². The van der Waals surface area contributed by atoms with Gasteiger partial charge in [-0.3, -0.25) is 14.6 Å². The summed E-state index contributed by atoms with van der Waals surface area (Å²) in [5, 5.41) is -0.684. The third-order valence-corrected chi connectivity index (χ3v) is 9.31. The van der Waals surface area contributed by atoms with E-state index >= 15 is 0 Å². The van der Waals surface area contributed by atoms with E-state index in [9.17, 15) is 4.79 Å². The van der Waals surface area contributed by atoms with Crippen LogP contribution in [0.2, 0.25) is 0 Å². The van der Waals surface area contributed by atoms with Gasteiger partial charge in [-0.1, -0.05) is 42.5 Å². The summed E-state index contributed by atoms with van der Waals surface area (Å²) in [7, 11) is 0. The average Bonchev–Trinajstić information content (AvgIpc) is 3.73. The van der Waals surface area contributed by atoms with E-state index in [4.69, 9.17) is 38.4 Å². The molecule has 230 valence electrons. The van der Waals surface area contributed by atoms with E-state index in [1.165, 1.54) is 25.7 Å². The van der Waals surface area contributed by atoms with Crippen LogP contribution < -0.4 is 15.2 Å². The summed E-state index contributed by atoms with van der Waals surface area (Å²) in [5.74, 6) is 1.14. The maximum absolute atomic E-state index is 12.1. The molecule has 1 amide bonds. The van der Waals surface area contributed by atoms with Crippen LogP contribution in [-0.2, 0) is 12.8 Å². The van der Waals surface area contributed by atoms with Crippen molar-refractivity contribution < 1.29 is 14.3 Å². The van der Waals surface area contributed by atoms with Crippen molar-refractivity contribution in [3.8, 4) is 11.5 Å². The Hall–Kier alpha value is -2.77. The van der Waals surface area contributed by atoms with E-state index in [2.05, 4.69) is 9.80 Å². The van der Waals surface area contributed by atoms with Crippen molar-refractivity contribution in [1.82, 2.24) is 9.80 Å². The second-order valence-corrected chi connectivity index (χ2v) is 12.6. The molecular weight excluding hydrogens is 581 g/mol. The number of nitrogens with zero attached hydrogens (tertiary/aromatic N) is 2. The summed E-state index contributed by atoms with van der Waals surface area (Å²) < 4.78 is 12.4. The number of para-hydroxylation sites is 2. The Labute approximate surface area is 266 Å². The first kappa shape index (κ1) is 31.6. The molecule has 3 aromatic carbocycles. The van der Waals surface area contributed by atoms with E-state index in [0.717, 1.165) is 73.0 Å². The molecule has 2 aliphatic rings. The van der Waals surface area contributed by atoms with E-state index in [-0.39, 0.29) is 10.8 Å². The number of halogens is 2. The molecule has 0 spiro atoms. The minimum atomic E-state index is -0.469. The molecule has 2 unspecified atom stereocenters. The van der Waals surface area contributed by atoms with E-state index in [0.29, 0.717) is 31.6 Å². The van der Waals surface area contributed by atoms with Gasteiger partial charge in [0.25, 0.3) is 0 Å². The maximum atomic E-state index is 12.1. The highest BCUT2D eigenvalue weighted by Crippen LogP contribution is 2.37. The SMILES string of the molecule is NC(=O)c1ccc(CC(Cl)c2ccccc2OCCN2CCCC2)c(CC(Cl)c2ccccc2OCCN2CCCC2)c1. The second kappa shape index (κ2) is 15.8. The fourth-order valence-corrected chi connectivity index (χ4v) is 6.79. The van der Waals surface area contributed by atoms with Crippen molar-refractivity contribution in [2.75, 3.05) is 52.5 Å². The first-order valence-electron chi connectivity index (χ1n) is 15.6. The topological polar surface area (TPSA) is 68.0 Å². The summed E-state index contributed by atoms with van der Waals surface area (Å²) in [4.78, 5) is 17.0. The molecule has 0 radical (unpaired) electrons. The maximum Gasteiger partial charge on any atom is 0.248 e. The highest BCUT2D eigenvalue weighted by Gasteiger charge is 2.21. The van der Waals surface area contributed by atoms with Crippen molar-refractivity contribution in [3.63, 3.8) is 0 Å². The Kier molecular flexibility index (Phi) is 11.6. The van der Waals surface area contributed by atoms with Crippen LogP contribution in [0.3, 0.4) is 0 Å². The first-order valence-corrected chi connectivity index (χ1v) is 16.4. The zero-order valence-electron chi connectivity index (χ0n) is 24.9. The number of ether oxygens (including phenoxy) is 2. The molecule has 2 atom stereocenters. The molecule has 5 rings (SSSR count). The summed E-state index contributed by atoms with van der Waals surface area (Å²) in [6.07, 6.45) is 6.10. The number of primary amides is 1. The molecule has 0 aliphatic carbocycles. The predicted molar refractivity (Wildman–Crippen MR) is 175 cm³/mol. The van der Waals surface area contributed by atoms with Crippen LogP contribution in [0, 0.1) is 0 Å². The number of nitrogens with two attached hydrogens (primary N) is 1. The third kappa shape index (κ3) is 8.89. The van der Waals surface area contributed by atoms with Gasteiger partial charge in [-0.05, 0) is 100 Å². The molecule has 8 heteroatoms. The zero-order chi connectivity index (χ0) is 30.0. The molecule has 2 heterocycles. The lowest BCUT2D eigenvalue weighted by Gasteiger charge is -2.21.